The highest BCUT2D eigenvalue weighted by Gasteiger charge is 2.09. The number of pyridine rings is 1. The Morgan fingerprint density at radius 3 is 2.78 bits per heavy atom. The first-order chi connectivity index (χ1) is 8.75. The summed E-state index contributed by atoms with van der Waals surface area (Å²) in [6.07, 6.45) is 2.33. The van der Waals surface area contributed by atoms with Crippen LogP contribution in [0.25, 0.3) is 5.52 Å². The largest absolute Gasteiger partial charge is 0.494 e. The molecule has 90 valence electrons. The molecule has 0 fully saturated rings. The first-order valence-electron chi connectivity index (χ1n) is 5.63. The lowest BCUT2D eigenvalue weighted by Crippen LogP contribution is -1.97. The van der Waals surface area contributed by atoms with Gasteiger partial charge in [-0.3, -0.25) is 4.40 Å². The summed E-state index contributed by atoms with van der Waals surface area (Å²) in [4.78, 5) is 4.34. The van der Waals surface area contributed by atoms with Gasteiger partial charge in [0.05, 0.1) is 11.7 Å². The van der Waals surface area contributed by atoms with Gasteiger partial charge in [-0.1, -0.05) is 35.9 Å². The van der Waals surface area contributed by atoms with E-state index in [0.717, 1.165) is 16.9 Å². The van der Waals surface area contributed by atoms with Crippen molar-refractivity contribution in [2.24, 2.45) is 0 Å². The highest BCUT2D eigenvalue weighted by Crippen LogP contribution is 2.21. The molecule has 0 saturated heterocycles. The topological polar surface area (TPSA) is 37.5 Å². The fourth-order valence-corrected chi connectivity index (χ4v) is 2.23. The lowest BCUT2D eigenvalue weighted by atomic mass is 10.1. The second-order valence-corrected chi connectivity index (χ2v) is 4.49. The van der Waals surface area contributed by atoms with Crippen molar-refractivity contribution in [3.8, 4) is 5.88 Å². The highest BCUT2D eigenvalue weighted by atomic mass is 35.5. The first-order valence-corrected chi connectivity index (χ1v) is 6.01. The number of halogens is 1. The van der Waals surface area contributed by atoms with Gasteiger partial charge in [0.25, 0.3) is 0 Å². The van der Waals surface area contributed by atoms with Gasteiger partial charge in [0.2, 0.25) is 0 Å². The van der Waals surface area contributed by atoms with Crippen LogP contribution in [-0.2, 0) is 6.42 Å². The third-order valence-electron chi connectivity index (χ3n) is 2.91. The Kier molecular flexibility index (Phi) is 2.68. The number of fused-ring (bicyclic) bond motifs is 1. The molecule has 0 amide bonds. The maximum absolute atomic E-state index is 9.88. The van der Waals surface area contributed by atoms with E-state index in [1.165, 1.54) is 0 Å². The smallest absolute Gasteiger partial charge is 0.197 e. The second-order valence-electron chi connectivity index (χ2n) is 4.09. The Labute approximate surface area is 109 Å². The molecular formula is C14H11ClN2O. The van der Waals surface area contributed by atoms with Crippen LogP contribution in [0.15, 0.2) is 48.7 Å². The molecule has 3 aromatic rings. The molecule has 0 aliphatic heterocycles. The molecule has 2 heterocycles. The zero-order chi connectivity index (χ0) is 12.5. The number of hydrogen-bond acceptors (Lipinski definition) is 2. The van der Waals surface area contributed by atoms with Gasteiger partial charge in [0, 0.05) is 11.4 Å². The maximum Gasteiger partial charge on any atom is 0.197 e. The molecule has 0 saturated carbocycles. The van der Waals surface area contributed by atoms with Crippen molar-refractivity contribution >= 4 is 17.1 Å². The average molecular weight is 259 g/mol. The fourth-order valence-electron chi connectivity index (χ4n) is 2.03. The van der Waals surface area contributed by atoms with Crippen molar-refractivity contribution in [2.75, 3.05) is 0 Å². The van der Waals surface area contributed by atoms with E-state index in [0.29, 0.717) is 11.4 Å². The third kappa shape index (κ3) is 1.83. The predicted octanol–water partition coefficient (Wildman–Crippen LogP) is 3.28. The molecule has 18 heavy (non-hydrogen) atoms. The zero-order valence-corrected chi connectivity index (χ0v) is 10.3. The Bertz CT molecular complexity index is 706. The lowest BCUT2D eigenvalue weighted by molar-refractivity contribution is 0.443. The van der Waals surface area contributed by atoms with Crippen LogP contribution >= 0.6 is 11.6 Å². The average Bonchev–Trinajstić information content (AvgIpc) is 2.77. The summed E-state index contributed by atoms with van der Waals surface area (Å²) >= 11 is 6.13. The maximum atomic E-state index is 9.88. The standard InChI is InChI=1S/C14H11ClN2O/c15-12-6-2-1-4-10(12)8-13-16-9-11-5-3-7-14(18)17(11)13/h1-7,9,18H,8H2. The van der Waals surface area contributed by atoms with E-state index >= 15 is 0 Å². The predicted molar refractivity (Wildman–Crippen MR) is 71.1 cm³/mol. The molecule has 3 nitrogen and oxygen atoms in total. The normalized spacial score (nSPS) is 10.9. The third-order valence-corrected chi connectivity index (χ3v) is 3.28. The van der Waals surface area contributed by atoms with Crippen LogP contribution in [0.5, 0.6) is 5.88 Å². The summed E-state index contributed by atoms with van der Waals surface area (Å²) in [5.41, 5.74) is 1.87. The van der Waals surface area contributed by atoms with Crippen molar-refractivity contribution in [1.82, 2.24) is 9.38 Å². The van der Waals surface area contributed by atoms with Crippen LogP contribution in [0.4, 0.5) is 0 Å². The molecule has 0 unspecified atom stereocenters. The number of aromatic hydroxyl groups is 1. The van der Waals surface area contributed by atoms with Crippen molar-refractivity contribution < 1.29 is 5.11 Å². The van der Waals surface area contributed by atoms with Crippen LogP contribution in [0.3, 0.4) is 0 Å². The molecule has 0 bridgehead atoms. The van der Waals surface area contributed by atoms with E-state index < -0.39 is 0 Å². The van der Waals surface area contributed by atoms with Gasteiger partial charge < -0.3 is 5.11 Å². The van der Waals surface area contributed by atoms with Crippen molar-refractivity contribution in [3.05, 3.63) is 65.1 Å². The molecule has 1 aromatic carbocycles. The van der Waals surface area contributed by atoms with Crippen molar-refractivity contribution in [3.63, 3.8) is 0 Å². The molecule has 0 spiro atoms. The molecule has 2 aromatic heterocycles. The Morgan fingerprint density at radius 2 is 1.94 bits per heavy atom. The summed E-state index contributed by atoms with van der Waals surface area (Å²) in [7, 11) is 0. The number of aromatic nitrogens is 2. The van der Waals surface area contributed by atoms with E-state index in [9.17, 15) is 5.11 Å². The monoisotopic (exact) mass is 258 g/mol. The van der Waals surface area contributed by atoms with E-state index in [-0.39, 0.29) is 5.88 Å². The van der Waals surface area contributed by atoms with E-state index in [4.69, 9.17) is 11.6 Å². The number of benzene rings is 1. The number of hydrogen-bond donors (Lipinski definition) is 1. The van der Waals surface area contributed by atoms with E-state index in [2.05, 4.69) is 4.98 Å². The molecule has 0 atom stereocenters. The molecule has 4 heteroatoms. The van der Waals surface area contributed by atoms with Gasteiger partial charge in [0.15, 0.2) is 5.88 Å². The van der Waals surface area contributed by atoms with Crippen molar-refractivity contribution in [2.45, 2.75) is 6.42 Å². The summed E-state index contributed by atoms with van der Waals surface area (Å²) in [6.45, 7) is 0. The summed E-state index contributed by atoms with van der Waals surface area (Å²) in [6, 6.07) is 13.0. The van der Waals surface area contributed by atoms with Crippen LogP contribution in [0.1, 0.15) is 11.4 Å². The number of rotatable bonds is 2. The first kappa shape index (κ1) is 11.1. The highest BCUT2D eigenvalue weighted by molar-refractivity contribution is 6.31. The minimum atomic E-state index is 0.187. The molecular weight excluding hydrogens is 248 g/mol. The summed E-state index contributed by atoms with van der Waals surface area (Å²) < 4.78 is 1.73. The molecule has 1 N–H and O–H groups in total. The Balaban J connectivity index is 2.09. The Morgan fingerprint density at radius 1 is 1.11 bits per heavy atom. The molecule has 3 rings (SSSR count). The number of imidazole rings is 1. The van der Waals surface area contributed by atoms with Gasteiger partial charge in [-0.15, -0.1) is 0 Å². The quantitative estimate of drug-likeness (QED) is 0.766. The lowest BCUT2D eigenvalue weighted by Gasteiger charge is -2.05. The van der Waals surface area contributed by atoms with Gasteiger partial charge in [-0.2, -0.15) is 0 Å². The van der Waals surface area contributed by atoms with E-state index in [1.54, 1.807) is 22.7 Å². The summed E-state index contributed by atoms with van der Waals surface area (Å²) in [5, 5.41) is 10.6. The van der Waals surface area contributed by atoms with Gasteiger partial charge in [-0.25, -0.2) is 4.98 Å². The van der Waals surface area contributed by atoms with Crippen molar-refractivity contribution in [1.29, 1.82) is 0 Å². The summed E-state index contributed by atoms with van der Waals surface area (Å²) in [5.74, 6) is 0.961. The van der Waals surface area contributed by atoms with Gasteiger partial charge >= 0.3 is 0 Å². The molecule has 0 aliphatic rings. The zero-order valence-electron chi connectivity index (χ0n) is 9.55. The van der Waals surface area contributed by atoms with Crippen LogP contribution in [0, 0.1) is 0 Å². The van der Waals surface area contributed by atoms with Crippen LogP contribution < -0.4 is 0 Å². The van der Waals surface area contributed by atoms with E-state index in [1.807, 2.05) is 30.3 Å². The second kappa shape index (κ2) is 4.35. The van der Waals surface area contributed by atoms with Crippen LogP contribution in [0.2, 0.25) is 5.02 Å². The minimum absolute atomic E-state index is 0.187. The van der Waals surface area contributed by atoms with Gasteiger partial charge in [0.1, 0.15) is 5.82 Å². The van der Waals surface area contributed by atoms with Gasteiger partial charge in [-0.05, 0) is 23.8 Å². The molecule has 0 aliphatic carbocycles. The molecule has 0 radical (unpaired) electrons. The minimum Gasteiger partial charge on any atom is -0.494 e. The Hall–Kier alpha value is -2.00. The van der Waals surface area contributed by atoms with Crippen LogP contribution in [-0.4, -0.2) is 14.5 Å². The number of nitrogens with zero attached hydrogens (tertiary/aromatic N) is 2. The fraction of sp³-hybridized carbons (Fsp3) is 0.0714. The SMILES string of the molecule is Oc1cccc2cnc(Cc3ccccc3Cl)n12.